The summed E-state index contributed by atoms with van der Waals surface area (Å²) in [7, 11) is -4.25. The van der Waals surface area contributed by atoms with Gasteiger partial charge in [-0.25, -0.2) is 23.9 Å². The van der Waals surface area contributed by atoms with E-state index in [4.69, 9.17) is 16.7 Å². The second kappa shape index (κ2) is 10.5. The number of benzene rings is 1. The van der Waals surface area contributed by atoms with Crippen LogP contribution in [-0.2, 0) is 21.0 Å². The molecule has 3 aromatic rings. The number of ketones is 1. The van der Waals surface area contributed by atoms with Crippen LogP contribution in [0, 0.1) is 11.7 Å². The molecule has 2 aromatic heterocycles. The zero-order valence-corrected chi connectivity index (χ0v) is 20.0. The monoisotopic (exact) mass is 542 g/mol. The van der Waals surface area contributed by atoms with Crippen molar-refractivity contribution in [2.75, 3.05) is 11.9 Å². The van der Waals surface area contributed by atoms with E-state index in [-0.39, 0.29) is 35.1 Å². The van der Waals surface area contributed by atoms with Crippen LogP contribution in [0.5, 0.6) is 0 Å². The van der Waals surface area contributed by atoms with Crippen LogP contribution < -0.4 is 10.5 Å². The number of rotatable bonds is 9. The molecule has 15 heteroatoms. The SMILES string of the molecule is NS(=O)(=O)OC[C@H]1C[C@@H](Nc2ncncc2C(=O)c2ccn(Cc3ccc(F)c(Cl)c3)n2)[C@@H](F)[C@@H]1O. The number of carbonyl (C=O) groups is 1. The molecule has 1 aliphatic carbocycles. The van der Waals surface area contributed by atoms with Crippen LogP contribution in [0.3, 0.4) is 0 Å². The minimum Gasteiger partial charge on any atom is -0.390 e. The molecule has 4 N–H and O–H groups in total. The van der Waals surface area contributed by atoms with Gasteiger partial charge in [0, 0.05) is 18.3 Å². The third-order valence-corrected chi connectivity index (χ3v) is 6.43. The molecule has 36 heavy (non-hydrogen) atoms. The lowest BCUT2D eigenvalue weighted by Crippen LogP contribution is -2.33. The van der Waals surface area contributed by atoms with Crippen LogP contribution in [-0.4, -0.2) is 64.0 Å². The summed E-state index contributed by atoms with van der Waals surface area (Å²) < 4.78 is 56.1. The van der Waals surface area contributed by atoms with E-state index in [1.165, 1.54) is 29.1 Å². The molecule has 0 bridgehead atoms. The zero-order valence-electron chi connectivity index (χ0n) is 18.5. The Morgan fingerprint density at radius 3 is 2.86 bits per heavy atom. The molecule has 2 heterocycles. The highest BCUT2D eigenvalue weighted by Crippen LogP contribution is 2.32. The number of nitrogens with zero attached hydrogens (tertiary/aromatic N) is 4. The molecular formula is C21H21ClF2N6O5S. The Hall–Kier alpha value is -3.04. The average molecular weight is 543 g/mol. The van der Waals surface area contributed by atoms with E-state index >= 15 is 0 Å². The third kappa shape index (κ3) is 6.02. The summed E-state index contributed by atoms with van der Waals surface area (Å²) in [6.45, 7) is -0.264. The summed E-state index contributed by atoms with van der Waals surface area (Å²) >= 11 is 5.81. The maximum atomic E-state index is 14.7. The number of nitrogens with one attached hydrogen (secondary N) is 1. The summed E-state index contributed by atoms with van der Waals surface area (Å²) in [5.41, 5.74) is 0.742. The van der Waals surface area contributed by atoms with Crippen LogP contribution in [0.25, 0.3) is 0 Å². The second-order valence-electron chi connectivity index (χ2n) is 8.22. The quantitative estimate of drug-likeness (QED) is 0.340. The molecule has 0 saturated heterocycles. The number of aromatic nitrogens is 4. The maximum Gasteiger partial charge on any atom is 0.333 e. The normalized spacial score (nSPS) is 22.0. The van der Waals surface area contributed by atoms with Gasteiger partial charge >= 0.3 is 10.3 Å². The lowest BCUT2D eigenvalue weighted by Gasteiger charge is -2.18. The third-order valence-electron chi connectivity index (χ3n) is 5.68. The second-order valence-corrected chi connectivity index (χ2v) is 9.85. The Morgan fingerprint density at radius 1 is 1.36 bits per heavy atom. The molecular weight excluding hydrogens is 522 g/mol. The van der Waals surface area contributed by atoms with Crippen LogP contribution in [0.2, 0.25) is 5.02 Å². The van der Waals surface area contributed by atoms with E-state index in [1.54, 1.807) is 12.3 Å². The predicted molar refractivity (Wildman–Crippen MR) is 124 cm³/mol. The largest absolute Gasteiger partial charge is 0.390 e. The van der Waals surface area contributed by atoms with Crippen LogP contribution in [0.15, 0.2) is 43.0 Å². The van der Waals surface area contributed by atoms with Gasteiger partial charge in [0.2, 0.25) is 5.78 Å². The van der Waals surface area contributed by atoms with E-state index in [2.05, 4.69) is 24.6 Å². The number of carbonyl (C=O) groups excluding carboxylic acids is 1. The lowest BCUT2D eigenvalue weighted by molar-refractivity contribution is 0.0501. The molecule has 192 valence electrons. The number of hydrogen-bond acceptors (Lipinski definition) is 9. The lowest BCUT2D eigenvalue weighted by atomic mass is 10.1. The molecule has 0 spiro atoms. The van der Waals surface area contributed by atoms with E-state index in [1.807, 2.05) is 0 Å². The van der Waals surface area contributed by atoms with Crippen molar-refractivity contribution < 1.29 is 31.3 Å². The number of aliphatic hydroxyl groups is 1. The minimum absolute atomic E-state index is 0.00958. The number of nitrogens with two attached hydrogens (primary N) is 1. The number of hydrogen-bond donors (Lipinski definition) is 3. The van der Waals surface area contributed by atoms with Gasteiger partial charge in [0.25, 0.3) is 0 Å². The number of aliphatic hydroxyl groups excluding tert-OH is 1. The molecule has 1 saturated carbocycles. The first kappa shape index (κ1) is 26.0. The predicted octanol–water partition coefficient (Wildman–Crippen LogP) is 1.46. The first-order chi connectivity index (χ1) is 17.0. The Morgan fingerprint density at radius 2 is 2.14 bits per heavy atom. The molecule has 1 aromatic carbocycles. The van der Waals surface area contributed by atoms with Crippen molar-refractivity contribution in [3.05, 3.63) is 70.6 Å². The van der Waals surface area contributed by atoms with E-state index in [9.17, 15) is 27.1 Å². The van der Waals surface area contributed by atoms with Crippen molar-refractivity contribution in [1.82, 2.24) is 19.7 Å². The molecule has 0 aliphatic heterocycles. The first-order valence-corrected chi connectivity index (χ1v) is 12.4. The van der Waals surface area contributed by atoms with Gasteiger partial charge in [0.1, 0.15) is 29.8 Å². The zero-order chi connectivity index (χ0) is 26.0. The standard InChI is InChI=1S/C21H21ClF2N6O5S/c22-14-5-11(1-2-15(14)23)8-30-4-3-16(29-30)20(32)13-7-26-10-27-21(13)28-17-6-12(19(31)18(17)24)9-35-36(25,33)34/h1-5,7,10,12,17-19,31H,6,8-9H2,(H2,25,33,34)(H,26,27,28)/t12-,17-,18-,19-/m1/s1. The maximum absolute atomic E-state index is 14.7. The number of anilines is 1. The van der Waals surface area contributed by atoms with Gasteiger partial charge < -0.3 is 10.4 Å². The van der Waals surface area contributed by atoms with Gasteiger partial charge in [0.15, 0.2) is 0 Å². The fourth-order valence-electron chi connectivity index (χ4n) is 3.90. The number of alkyl halides is 1. The summed E-state index contributed by atoms with van der Waals surface area (Å²) in [4.78, 5) is 21.0. The van der Waals surface area contributed by atoms with Crippen molar-refractivity contribution in [2.24, 2.45) is 11.1 Å². The molecule has 0 unspecified atom stereocenters. The van der Waals surface area contributed by atoms with Gasteiger partial charge in [-0.05, 0) is 30.2 Å². The topological polar surface area (TPSA) is 162 Å². The summed E-state index contributed by atoms with van der Waals surface area (Å²) in [6, 6.07) is 4.72. The smallest absolute Gasteiger partial charge is 0.333 e. The van der Waals surface area contributed by atoms with Gasteiger partial charge in [-0.3, -0.25) is 13.7 Å². The average Bonchev–Trinajstić information content (AvgIpc) is 3.40. The Balaban J connectivity index is 1.47. The summed E-state index contributed by atoms with van der Waals surface area (Å²) in [5.74, 6) is -1.93. The fourth-order valence-corrected chi connectivity index (χ4v) is 4.47. The van der Waals surface area contributed by atoms with E-state index in [0.29, 0.717) is 5.56 Å². The van der Waals surface area contributed by atoms with Crippen molar-refractivity contribution in [1.29, 1.82) is 0 Å². The molecule has 4 rings (SSSR count). The van der Waals surface area contributed by atoms with Gasteiger partial charge in [0.05, 0.1) is 35.9 Å². The molecule has 1 fully saturated rings. The van der Waals surface area contributed by atoms with E-state index < -0.39 is 52.7 Å². The summed E-state index contributed by atoms with van der Waals surface area (Å²) in [6.07, 6.45) is 0.652. The van der Waals surface area contributed by atoms with E-state index in [0.717, 1.165) is 6.33 Å². The molecule has 11 nitrogen and oxygen atoms in total. The highest BCUT2D eigenvalue weighted by atomic mass is 35.5. The van der Waals surface area contributed by atoms with Crippen LogP contribution in [0.4, 0.5) is 14.6 Å². The highest BCUT2D eigenvalue weighted by Gasteiger charge is 2.44. The minimum atomic E-state index is -4.25. The van der Waals surface area contributed by atoms with Crippen molar-refractivity contribution in [3.63, 3.8) is 0 Å². The van der Waals surface area contributed by atoms with Gasteiger partial charge in [-0.1, -0.05) is 17.7 Å². The van der Waals surface area contributed by atoms with Crippen molar-refractivity contribution in [2.45, 2.75) is 31.3 Å². The molecule has 0 radical (unpaired) electrons. The summed E-state index contributed by atoms with van der Waals surface area (Å²) in [5, 5.41) is 21.9. The fraction of sp³-hybridized carbons (Fsp3) is 0.333. The van der Waals surface area contributed by atoms with Crippen molar-refractivity contribution >= 4 is 33.5 Å². The van der Waals surface area contributed by atoms with Crippen LogP contribution >= 0.6 is 11.6 Å². The highest BCUT2D eigenvalue weighted by molar-refractivity contribution is 7.84. The Labute approximate surface area is 209 Å². The molecule has 4 atom stereocenters. The first-order valence-electron chi connectivity index (χ1n) is 10.6. The van der Waals surface area contributed by atoms with Gasteiger partial charge in [-0.15, -0.1) is 0 Å². The van der Waals surface area contributed by atoms with Gasteiger partial charge in [-0.2, -0.15) is 13.5 Å². The van der Waals surface area contributed by atoms with Crippen molar-refractivity contribution in [3.8, 4) is 0 Å². The number of halogens is 3. The Bertz CT molecular complexity index is 1370. The molecule has 0 amide bonds. The molecule has 1 aliphatic rings. The Kier molecular flexibility index (Phi) is 7.61. The van der Waals surface area contributed by atoms with Crippen LogP contribution in [0.1, 0.15) is 28.0 Å².